The zero-order valence-corrected chi connectivity index (χ0v) is 22.5. The molecule has 0 unspecified atom stereocenters. The molecule has 6 heteroatoms. The molecule has 0 aliphatic heterocycles. The van der Waals surface area contributed by atoms with Crippen LogP contribution in [0.2, 0.25) is 0 Å². The number of nitrogens with zero attached hydrogens (tertiary/aromatic N) is 2. The van der Waals surface area contributed by atoms with E-state index in [0.717, 1.165) is 64.8 Å². The number of nitrogens with one attached hydrogen (secondary N) is 1. The monoisotopic (exact) mass is 515 g/mol. The summed E-state index contributed by atoms with van der Waals surface area (Å²) in [6.45, 7) is 2.53. The first-order chi connectivity index (χ1) is 18.0. The van der Waals surface area contributed by atoms with Gasteiger partial charge in [0.2, 0.25) is 0 Å². The molecule has 1 amide bonds. The van der Waals surface area contributed by atoms with Gasteiger partial charge < -0.3 is 15.0 Å². The quantitative estimate of drug-likeness (QED) is 0.411. The first-order valence-corrected chi connectivity index (χ1v) is 13.4. The van der Waals surface area contributed by atoms with E-state index in [9.17, 15) is 4.79 Å². The Balaban J connectivity index is 1.51. The average molecular weight is 516 g/mol. The SMILES string of the molecule is CN[C@H]1CC[C@@H](N(Cc2cc(-c3ccncc3)ccc2OC)C(=O)C2=C(Cl)c3c(C)cccc3C2)CC1. The van der Waals surface area contributed by atoms with E-state index in [2.05, 4.69) is 46.4 Å². The number of benzene rings is 2. The van der Waals surface area contributed by atoms with Crippen LogP contribution in [-0.4, -0.2) is 42.0 Å². The third-order valence-electron chi connectivity index (χ3n) is 7.91. The second-order valence-corrected chi connectivity index (χ2v) is 10.4. The van der Waals surface area contributed by atoms with Crippen molar-refractivity contribution in [1.82, 2.24) is 15.2 Å². The minimum absolute atomic E-state index is 0.0323. The van der Waals surface area contributed by atoms with Crippen molar-refractivity contribution >= 4 is 22.5 Å². The lowest BCUT2D eigenvalue weighted by Gasteiger charge is -2.37. The van der Waals surface area contributed by atoms with Crippen molar-refractivity contribution in [3.8, 4) is 16.9 Å². The molecule has 1 saturated carbocycles. The van der Waals surface area contributed by atoms with Crippen molar-refractivity contribution < 1.29 is 9.53 Å². The van der Waals surface area contributed by atoms with Gasteiger partial charge in [-0.2, -0.15) is 0 Å². The minimum atomic E-state index is 0.0323. The smallest absolute Gasteiger partial charge is 0.252 e. The maximum absolute atomic E-state index is 14.3. The lowest BCUT2D eigenvalue weighted by Crippen LogP contribution is -2.45. The number of aryl methyl sites for hydroxylation is 1. The van der Waals surface area contributed by atoms with Crippen molar-refractivity contribution in [2.24, 2.45) is 0 Å². The van der Waals surface area contributed by atoms with Crippen molar-refractivity contribution in [3.63, 3.8) is 0 Å². The standard InChI is InChI=1S/C31H34ClN3O2/c1-20-5-4-6-23-18-27(30(32)29(20)23)31(36)35(26-10-8-25(33-2)9-11-26)19-24-17-22(7-12-28(24)37-3)21-13-15-34-16-14-21/h4-7,12-17,25-26,33H,8-11,18-19H2,1-3H3/t25-,26+. The first kappa shape index (κ1) is 25.5. The second kappa shape index (κ2) is 11.1. The van der Waals surface area contributed by atoms with Crippen molar-refractivity contribution in [1.29, 1.82) is 0 Å². The van der Waals surface area contributed by atoms with Crippen LogP contribution in [-0.2, 0) is 17.8 Å². The molecule has 5 nitrogen and oxygen atoms in total. The highest BCUT2D eigenvalue weighted by atomic mass is 35.5. The number of hydrogen-bond donors (Lipinski definition) is 1. The highest BCUT2D eigenvalue weighted by Gasteiger charge is 2.34. The van der Waals surface area contributed by atoms with Gasteiger partial charge in [-0.05, 0) is 86.2 Å². The van der Waals surface area contributed by atoms with Gasteiger partial charge >= 0.3 is 0 Å². The Bertz CT molecular complexity index is 1310. The number of aromatic nitrogens is 1. The molecule has 2 aliphatic rings. The van der Waals surface area contributed by atoms with E-state index in [0.29, 0.717) is 29.6 Å². The van der Waals surface area contributed by atoms with E-state index in [4.69, 9.17) is 16.3 Å². The number of amides is 1. The lowest BCUT2D eigenvalue weighted by atomic mass is 9.89. The molecule has 37 heavy (non-hydrogen) atoms. The number of methoxy groups -OCH3 is 1. The van der Waals surface area contributed by atoms with Gasteiger partial charge in [0.25, 0.3) is 5.91 Å². The molecule has 0 bridgehead atoms. The van der Waals surface area contributed by atoms with Crippen LogP contribution in [0.4, 0.5) is 0 Å². The third kappa shape index (κ3) is 5.16. The van der Waals surface area contributed by atoms with Gasteiger partial charge in [0.05, 0.1) is 12.1 Å². The molecule has 0 saturated heterocycles. The van der Waals surface area contributed by atoms with Crippen LogP contribution in [0, 0.1) is 6.92 Å². The van der Waals surface area contributed by atoms with Gasteiger partial charge in [0, 0.05) is 54.1 Å². The van der Waals surface area contributed by atoms with Gasteiger partial charge in [-0.3, -0.25) is 9.78 Å². The van der Waals surface area contributed by atoms with Crippen molar-refractivity contribution in [2.75, 3.05) is 14.2 Å². The molecule has 0 spiro atoms. The summed E-state index contributed by atoms with van der Waals surface area (Å²) in [5.41, 5.74) is 7.10. The Morgan fingerprint density at radius 2 is 1.84 bits per heavy atom. The molecule has 3 aromatic rings. The van der Waals surface area contributed by atoms with Crippen LogP contribution in [0.25, 0.3) is 16.2 Å². The van der Waals surface area contributed by atoms with Gasteiger partial charge in [-0.1, -0.05) is 35.9 Å². The van der Waals surface area contributed by atoms with Crippen LogP contribution >= 0.6 is 11.6 Å². The predicted molar refractivity (Wildman–Crippen MR) is 150 cm³/mol. The molecular weight excluding hydrogens is 482 g/mol. The number of hydrogen-bond acceptors (Lipinski definition) is 4. The molecule has 1 heterocycles. The normalized spacial score (nSPS) is 19.0. The summed E-state index contributed by atoms with van der Waals surface area (Å²) in [5.74, 6) is 0.815. The van der Waals surface area contributed by atoms with Crippen LogP contribution < -0.4 is 10.1 Å². The van der Waals surface area contributed by atoms with E-state index in [1.54, 1.807) is 19.5 Å². The first-order valence-electron chi connectivity index (χ1n) is 13.0. The molecule has 0 atom stereocenters. The Labute approximate surface area is 224 Å². The number of fused-ring (bicyclic) bond motifs is 1. The number of rotatable bonds is 7. The topological polar surface area (TPSA) is 54.5 Å². The van der Waals surface area contributed by atoms with Crippen LogP contribution in [0.5, 0.6) is 5.75 Å². The maximum atomic E-state index is 14.3. The highest BCUT2D eigenvalue weighted by molar-refractivity contribution is 6.52. The van der Waals surface area contributed by atoms with Gasteiger partial charge in [0.1, 0.15) is 5.75 Å². The molecule has 1 aromatic heterocycles. The Hall–Kier alpha value is -3.15. The Morgan fingerprint density at radius 3 is 2.51 bits per heavy atom. The Kier molecular flexibility index (Phi) is 7.63. The van der Waals surface area contributed by atoms with Crippen LogP contribution in [0.1, 0.15) is 47.9 Å². The van der Waals surface area contributed by atoms with Gasteiger partial charge in [0.15, 0.2) is 0 Å². The molecule has 1 fully saturated rings. The molecule has 5 rings (SSSR count). The number of pyridine rings is 1. The zero-order valence-electron chi connectivity index (χ0n) is 21.8. The van der Waals surface area contributed by atoms with Gasteiger partial charge in [-0.25, -0.2) is 0 Å². The molecule has 192 valence electrons. The average Bonchev–Trinajstić information content (AvgIpc) is 3.29. The molecular formula is C31H34ClN3O2. The fourth-order valence-corrected chi connectivity index (χ4v) is 6.22. The summed E-state index contributed by atoms with van der Waals surface area (Å²) in [7, 11) is 3.71. The van der Waals surface area contributed by atoms with E-state index in [-0.39, 0.29) is 11.9 Å². The Morgan fingerprint density at radius 1 is 1.08 bits per heavy atom. The number of carbonyl (C=O) groups is 1. The summed E-state index contributed by atoms with van der Waals surface area (Å²) in [6.07, 6.45) is 8.18. The van der Waals surface area contributed by atoms with E-state index in [1.165, 1.54) is 0 Å². The summed E-state index contributed by atoms with van der Waals surface area (Å²) in [5, 5.41) is 4.01. The van der Waals surface area contributed by atoms with Crippen molar-refractivity contribution in [2.45, 2.75) is 57.7 Å². The molecule has 2 aliphatic carbocycles. The van der Waals surface area contributed by atoms with Crippen LogP contribution in [0.3, 0.4) is 0 Å². The maximum Gasteiger partial charge on any atom is 0.252 e. The largest absolute Gasteiger partial charge is 0.496 e. The van der Waals surface area contributed by atoms with E-state index in [1.807, 2.05) is 31.3 Å². The fraction of sp³-hybridized carbons (Fsp3) is 0.355. The zero-order chi connectivity index (χ0) is 25.9. The number of ether oxygens (including phenoxy) is 1. The third-order valence-corrected chi connectivity index (χ3v) is 8.33. The minimum Gasteiger partial charge on any atom is -0.496 e. The fourth-order valence-electron chi connectivity index (χ4n) is 5.80. The van der Waals surface area contributed by atoms with Crippen LogP contribution in [0.15, 0.2) is 66.5 Å². The second-order valence-electron chi connectivity index (χ2n) is 10.1. The van der Waals surface area contributed by atoms with E-state index >= 15 is 0 Å². The highest BCUT2D eigenvalue weighted by Crippen LogP contribution is 2.40. The summed E-state index contributed by atoms with van der Waals surface area (Å²) < 4.78 is 5.75. The number of carbonyl (C=O) groups excluding carboxylic acids is 1. The summed E-state index contributed by atoms with van der Waals surface area (Å²) in [4.78, 5) is 20.5. The van der Waals surface area contributed by atoms with Gasteiger partial charge in [-0.15, -0.1) is 0 Å². The molecule has 0 radical (unpaired) electrons. The van der Waals surface area contributed by atoms with E-state index < -0.39 is 0 Å². The molecule has 1 N–H and O–H groups in total. The molecule has 2 aromatic carbocycles. The summed E-state index contributed by atoms with van der Waals surface area (Å²) >= 11 is 6.90. The summed E-state index contributed by atoms with van der Waals surface area (Å²) in [6, 6.07) is 17.0. The lowest BCUT2D eigenvalue weighted by molar-refractivity contribution is -0.130. The number of halogens is 1. The predicted octanol–water partition coefficient (Wildman–Crippen LogP) is 6.13. The van der Waals surface area contributed by atoms with Crippen molar-refractivity contribution in [3.05, 3.63) is 88.8 Å².